The van der Waals surface area contributed by atoms with Crippen molar-refractivity contribution in [3.63, 3.8) is 0 Å². The number of hydrogen-bond donors (Lipinski definition) is 0. The van der Waals surface area contributed by atoms with Gasteiger partial charge in [-0.25, -0.2) is 0 Å². The van der Waals surface area contributed by atoms with E-state index < -0.39 is 0 Å². The standard InChI is InChI=1S/C25H29N3O2/c1-17(29)27-21-16-25(2)22(27)12-8-13-23(25)28(24(30)19-11-6-7-14-26-19)20(21)15-18-9-4-3-5-10-18/h3-7,9-11,14,20-23H,8,12-13,15-16H2,1-2H3/t20-,21+,22+,23-,25+/m1/s1. The zero-order valence-corrected chi connectivity index (χ0v) is 17.7. The Morgan fingerprint density at radius 3 is 2.40 bits per heavy atom. The molecule has 2 aromatic rings. The fraction of sp³-hybridized carbons (Fsp3) is 0.480. The van der Waals surface area contributed by atoms with Gasteiger partial charge >= 0.3 is 0 Å². The summed E-state index contributed by atoms with van der Waals surface area (Å²) < 4.78 is 0. The number of amides is 2. The van der Waals surface area contributed by atoms with E-state index in [0.717, 1.165) is 32.1 Å². The first-order valence-corrected chi connectivity index (χ1v) is 11.1. The number of likely N-dealkylation sites (tertiary alicyclic amines) is 2. The van der Waals surface area contributed by atoms with Crippen LogP contribution in [0.3, 0.4) is 0 Å². The van der Waals surface area contributed by atoms with Gasteiger partial charge in [0.15, 0.2) is 0 Å². The first-order valence-electron chi connectivity index (χ1n) is 11.1. The zero-order valence-electron chi connectivity index (χ0n) is 17.7. The van der Waals surface area contributed by atoms with E-state index in [4.69, 9.17) is 0 Å². The minimum absolute atomic E-state index is 0.00325. The van der Waals surface area contributed by atoms with Crippen molar-refractivity contribution < 1.29 is 9.59 Å². The summed E-state index contributed by atoms with van der Waals surface area (Å²) in [4.78, 5) is 35.2. The van der Waals surface area contributed by atoms with Crippen molar-refractivity contribution >= 4 is 11.8 Å². The smallest absolute Gasteiger partial charge is 0.273 e. The van der Waals surface area contributed by atoms with Crippen molar-refractivity contribution in [2.75, 3.05) is 0 Å². The lowest BCUT2D eigenvalue weighted by molar-refractivity contribution is -0.133. The molecule has 2 aliphatic heterocycles. The summed E-state index contributed by atoms with van der Waals surface area (Å²) in [6.07, 6.45) is 6.50. The van der Waals surface area contributed by atoms with E-state index in [9.17, 15) is 9.59 Å². The van der Waals surface area contributed by atoms with E-state index in [-0.39, 0.29) is 41.4 Å². The number of hydrogen-bond acceptors (Lipinski definition) is 3. The second-order valence-corrected chi connectivity index (χ2v) is 9.35. The fourth-order valence-electron chi connectivity index (χ4n) is 6.55. The minimum Gasteiger partial charge on any atom is -0.334 e. The molecule has 2 amide bonds. The molecule has 0 spiro atoms. The van der Waals surface area contributed by atoms with E-state index in [1.165, 1.54) is 5.56 Å². The molecule has 5 rings (SSSR count). The molecule has 5 nitrogen and oxygen atoms in total. The summed E-state index contributed by atoms with van der Waals surface area (Å²) in [7, 11) is 0. The molecule has 1 aliphatic carbocycles. The van der Waals surface area contributed by atoms with Crippen LogP contribution < -0.4 is 0 Å². The highest BCUT2D eigenvalue weighted by atomic mass is 16.2. The lowest BCUT2D eigenvalue weighted by Gasteiger charge is -2.52. The van der Waals surface area contributed by atoms with Crippen LogP contribution >= 0.6 is 0 Å². The Labute approximate surface area is 178 Å². The van der Waals surface area contributed by atoms with E-state index in [1.807, 2.05) is 36.4 Å². The Morgan fingerprint density at radius 1 is 1.03 bits per heavy atom. The Hall–Kier alpha value is -2.69. The summed E-state index contributed by atoms with van der Waals surface area (Å²) in [6, 6.07) is 16.3. The average molecular weight is 404 g/mol. The summed E-state index contributed by atoms with van der Waals surface area (Å²) in [5.74, 6) is 0.142. The number of carbonyl (C=O) groups excluding carboxylic acids is 2. The molecular weight excluding hydrogens is 374 g/mol. The molecule has 1 aromatic carbocycles. The zero-order chi connectivity index (χ0) is 20.9. The molecule has 2 bridgehead atoms. The van der Waals surface area contributed by atoms with Crippen LogP contribution in [-0.4, -0.2) is 50.8 Å². The van der Waals surface area contributed by atoms with Crippen molar-refractivity contribution in [1.29, 1.82) is 0 Å². The van der Waals surface area contributed by atoms with Gasteiger partial charge in [0.25, 0.3) is 5.91 Å². The lowest BCUT2D eigenvalue weighted by Crippen LogP contribution is -2.62. The van der Waals surface area contributed by atoms with E-state index in [1.54, 1.807) is 13.1 Å². The van der Waals surface area contributed by atoms with Crippen molar-refractivity contribution in [1.82, 2.24) is 14.8 Å². The highest BCUT2D eigenvalue weighted by Crippen LogP contribution is 2.56. The van der Waals surface area contributed by atoms with Crippen LogP contribution in [0, 0.1) is 5.41 Å². The largest absolute Gasteiger partial charge is 0.334 e. The molecule has 3 heterocycles. The number of nitrogens with zero attached hydrogens (tertiary/aromatic N) is 3. The van der Waals surface area contributed by atoms with E-state index >= 15 is 0 Å². The van der Waals surface area contributed by atoms with E-state index in [0.29, 0.717) is 5.69 Å². The average Bonchev–Trinajstić information content (AvgIpc) is 3.07. The number of fused-ring (bicyclic) bond motifs is 1. The summed E-state index contributed by atoms with van der Waals surface area (Å²) in [6.45, 7) is 3.99. The van der Waals surface area contributed by atoms with Gasteiger partial charge in [0.1, 0.15) is 5.69 Å². The van der Waals surface area contributed by atoms with Crippen molar-refractivity contribution in [3.05, 3.63) is 66.0 Å². The van der Waals surface area contributed by atoms with E-state index in [2.05, 4.69) is 33.8 Å². The highest BCUT2D eigenvalue weighted by molar-refractivity contribution is 5.93. The number of pyridine rings is 1. The number of carbonyl (C=O) groups is 2. The summed E-state index contributed by atoms with van der Waals surface area (Å²) in [5.41, 5.74) is 1.65. The fourth-order valence-corrected chi connectivity index (χ4v) is 6.55. The van der Waals surface area contributed by atoms with Crippen LogP contribution in [0.5, 0.6) is 0 Å². The molecule has 30 heavy (non-hydrogen) atoms. The van der Waals surface area contributed by atoms with Crippen molar-refractivity contribution in [2.24, 2.45) is 5.41 Å². The van der Waals surface area contributed by atoms with Gasteiger partial charge in [-0.05, 0) is 49.8 Å². The van der Waals surface area contributed by atoms with Gasteiger partial charge in [-0.15, -0.1) is 0 Å². The first kappa shape index (κ1) is 19.3. The molecule has 2 saturated heterocycles. The molecule has 0 unspecified atom stereocenters. The molecule has 1 aromatic heterocycles. The number of aromatic nitrogens is 1. The number of rotatable bonds is 3. The predicted octanol–water partition coefficient (Wildman–Crippen LogP) is 3.70. The molecular formula is C25H29N3O2. The Morgan fingerprint density at radius 2 is 1.73 bits per heavy atom. The minimum atomic E-state index is -0.0494. The quantitative estimate of drug-likeness (QED) is 0.785. The SMILES string of the molecule is CC(=O)N1[C@H]2CCC[C@H]3N(C(=O)c4ccccn4)[C@H](Cc4ccccc4)[C@@H]1C[C@@]23C. The molecule has 1 saturated carbocycles. The third kappa shape index (κ3) is 2.86. The van der Waals surface area contributed by atoms with Gasteiger partial charge in [-0.2, -0.15) is 0 Å². The predicted molar refractivity (Wildman–Crippen MR) is 115 cm³/mol. The number of benzene rings is 1. The molecule has 0 N–H and O–H groups in total. The van der Waals surface area contributed by atoms with Crippen LogP contribution in [0.1, 0.15) is 55.6 Å². The molecule has 5 atom stereocenters. The third-order valence-electron chi connectivity index (χ3n) is 7.73. The normalized spacial score (nSPS) is 32.2. The maximum atomic E-state index is 13.8. The first-order chi connectivity index (χ1) is 14.5. The summed E-state index contributed by atoms with van der Waals surface area (Å²) >= 11 is 0. The monoisotopic (exact) mass is 403 g/mol. The third-order valence-corrected chi connectivity index (χ3v) is 7.73. The maximum Gasteiger partial charge on any atom is 0.273 e. The summed E-state index contributed by atoms with van der Waals surface area (Å²) in [5, 5.41) is 0. The van der Waals surface area contributed by atoms with Gasteiger partial charge in [0.2, 0.25) is 5.91 Å². The second kappa shape index (κ2) is 7.22. The molecule has 3 aliphatic rings. The van der Waals surface area contributed by atoms with Crippen molar-refractivity contribution in [3.8, 4) is 0 Å². The molecule has 5 heteroatoms. The molecule has 3 fully saturated rings. The van der Waals surface area contributed by atoms with Crippen LogP contribution in [0.15, 0.2) is 54.7 Å². The molecule has 156 valence electrons. The molecule has 0 radical (unpaired) electrons. The number of piperidine rings is 1. The topological polar surface area (TPSA) is 53.5 Å². The van der Waals surface area contributed by atoms with Crippen molar-refractivity contribution in [2.45, 2.75) is 70.1 Å². The van der Waals surface area contributed by atoms with Gasteiger partial charge in [0.05, 0.1) is 12.1 Å². The van der Waals surface area contributed by atoms with Crippen LogP contribution in [0.2, 0.25) is 0 Å². The lowest BCUT2D eigenvalue weighted by atomic mass is 9.64. The van der Waals surface area contributed by atoms with Gasteiger partial charge in [0, 0.05) is 30.6 Å². The highest BCUT2D eigenvalue weighted by Gasteiger charge is 2.64. The second-order valence-electron chi connectivity index (χ2n) is 9.35. The van der Waals surface area contributed by atoms with Crippen LogP contribution in [0.25, 0.3) is 0 Å². The Kier molecular flexibility index (Phi) is 4.64. The van der Waals surface area contributed by atoms with Gasteiger partial charge in [-0.3, -0.25) is 14.6 Å². The van der Waals surface area contributed by atoms with Crippen LogP contribution in [0.4, 0.5) is 0 Å². The van der Waals surface area contributed by atoms with Gasteiger partial charge < -0.3 is 9.80 Å². The Balaban J connectivity index is 1.62. The Bertz CT molecular complexity index is 947. The van der Waals surface area contributed by atoms with Gasteiger partial charge in [-0.1, -0.05) is 43.3 Å². The van der Waals surface area contributed by atoms with Crippen LogP contribution in [-0.2, 0) is 11.2 Å². The maximum absolute atomic E-state index is 13.8.